The molecule has 2 N–H and O–H groups in total. The van der Waals surface area contributed by atoms with Gasteiger partial charge in [0, 0.05) is 55.5 Å². The molecule has 2 aliphatic rings. The Labute approximate surface area is 175 Å². The highest BCUT2D eigenvalue weighted by Crippen LogP contribution is 2.26. The van der Waals surface area contributed by atoms with Crippen LogP contribution in [0.25, 0.3) is 0 Å². The Morgan fingerprint density at radius 2 is 1.93 bits per heavy atom. The van der Waals surface area contributed by atoms with Gasteiger partial charge >= 0.3 is 0 Å². The lowest BCUT2D eigenvalue weighted by Gasteiger charge is -2.36. The molecule has 1 aliphatic carbocycles. The monoisotopic (exact) mass is 405 g/mol. The van der Waals surface area contributed by atoms with Gasteiger partial charge in [-0.25, -0.2) is 4.98 Å². The molecule has 0 bridgehead atoms. The number of hydrogen-bond donors (Lipinski definition) is 2. The summed E-state index contributed by atoms with van der Waals surface area (Å²) in [5, 5.41) is 10.5. The third-order valence-corrected chi connectivity index (χ3v) is 6.88. The minimum Gasteiger partial charge on any atom is -0.357 e. The summed E-state index contributed by atoms with van der Waals surface area (Å²) < 4.78 is 0. The zero-order chi connectivity index (χ0) is 20.0. The number of hydrogen-bond acceptors (Lipinski definition) is 4. The zero-order valence-electron chi connectivity index (χ0n) is 18.3. The number of thiazole rings is 1. The molecule has 6 heteroatoms. The normalized spacial score (nSPS) is 20.6. The molecular weight excluding hydrogens is 366 g/mol. The summed E-state index contributed by atoms with van der Waals surface area (Å²) in [4.78, 5) is 12.3. The van der Waals surface area contributed by atoms with Crippen molar-refractivity contribution in [2.75, 3.05) is 26.2 Å². The summed E-state index contributed by atoms with van der Waals surface area (Å²) in [5.74, 6) is 0.967. The summed E-state index contributed by atoms with van der Waals surface area (Å²) in [6.07, 6.45) is 9.04. The van der Waals surface area contributed by atoms with Crippen LogP contribution in [0, 0.1) is 0 Å². The van der Waals surface area contributed by atoms with Crippen molar-refractivity contribution in [3.8, 4) is 0 Å². The largest absolute Gasteiger partial charge is 0.357 e. The number of rotatable bonds is 6. The zero-order valence-corrected chi connectivity index (χ0v) is 19.1. The number of guanidine groups is 1. The van der Waals surface area contributed by atoms with Crippen LogP contribution in [0.2, 0.25) is 0 Å². The van der Waals surface area contributed by atoms with Crippen molar-refractivity contribution in [2.24, 2.45) is 4.99 Å². The van der Waals surface area contributed by atoms with Gasteiger partial charge in [0.25, 0.3) is 0 Å². The van der Waals surface area contributed by atoms with Gasteiger partial charge in [0.2, 0.25) is 0 Å². The van der Waals surface area contributed by atoms with E-state index in [0.717, 1.165) is 31.5 Å². The molecule has 0 spiro atoms. The van der Waals surface area contributed by atoms with E-state index in [1.807, 2.05) is 0 Å². The standard InChI is InChI=1S/C22H39N5S/c1-5-23-21(24-13-10-20-26-19(16-28-20)22(2,3)4)25-17-11-14-27(15-12-17)18-8-6-7-9-18/h16-18H,5-15H2,1-4H3,(H2,23,24,25). The lowest BCUT2D eigenvalue weighted by Crippen LogP contribution is -2.50. The van der Waals surface area contributed by atoms with Crippen LogP contribution in [0.4, 0.5) is 0 Å². The fraction of sp³-hybridized carbons (Fsp3) is 0.818. The summed E-state index contributed by atoms with van der Waals surface area (Å²) >= 11 is 1.76. The van der Waals surface area contributed by atoms with Gasteiger partial charge in [0.1, 0.15) is 0 Å². The molecular formula is C22H39N5S. The molecule has 1 aliphatic heterocycles. The lowest BCUT2D eigenvalue weighted by molar-refractivity contribution is 0.150. The summed E-state index contributed by atoms with van der Waals surface area (Å²) in [5.41, 5.74) is 1.32. The van der Waals surface area contributed by atoms with Crippen molar-refractivity contribution in [3.05, 3.63) is 16.1 Å². The number of aliphatic imine (C=N–C) groups is 1. The number of likely N-dealkylation sites (tertiary alicyclic amines) is 1. The van der Waals surface area contributed by atoms with E-state index in [1.54, 1.807) is 11.3 Å². The molecule has 1 aromatic heterocycles. The first kappa shape index (κ1) is 21.6. The van der Waals surface area contributed by atoms with E-state index >= 15 is 0 Å². The Morgan fingerprint density at radius 3 is 2.54 bits per heavy atom. The van der Waals surface area contributed by atoms with E-state index in [9.17, 15) is 0 Å². The van der Waals surface area contributed by atoms with Crippen LogP contribution in [0.1, 0.15) is 76.9 Å². The molecule has 3 rings (SSSR count). The average molecular weight is 406 g/mol. The van der Waals surface area contributed by atoms with E-state index < -0.39 is 0 Å². The van der Waals surface area contributed by atoms with Crippen LogP contribution in [0.15, 0.2) is 10.4 Å². The second-order valence-electron chi connectivity index (χ2n) is 9.28. The molecule has 2 heterocycles. The van der Waals surface area contributed by atoms with Crippen molar-refractivity contribution in [2.45, 2.75) is 90.1 Å². The molecule has 1 saturated carbocycles. The SMILES string of the molecule is CCNC(=NCCc1nc(C(C)(C)C)cs1)NC1CCN(C2CCCC2)CC1. The van der Waals surface area contributed by atoms with Gasteiger partial charge in [-0.05, 0) is 32.6 Å². The second-order valence-corrected chi connectivity index (χ2v) is 10.2. The summed E-state index contributed by atoms with van der Waals surface area (Å²) in [7, 11) is 0. The number of aromatic nitrogens is 1. The number of nitrogens with zero attached hydrogens (tertiary/aromatic N) is 3. The molecule has 0 unspecified atom stereocenters. The summed E-state index contributed by atoms with van der Waals surface area (Å²) in [6, 6.07) is 1.40. The Kier molecular flexibility index (Phi) is 7.75. The molecule has 0 aromatic carbocycles. The maximum absolute atomic E-state index is 4.82. The Balaban J connectivity index is 1.45. The van der Waals surface area contributed by atoms with E-state index in [2.05, 4.69) is 48.6 Å². The van der Waals surface area contributed by atoms with Gasteiger partial charge < -0.3 is 15.5 Å². The third kappa shape index (κ3) is 6.18. The molecule has 158 valence electrons. The first-order valence-electron chi connectivity index (χ1n) is 11.2. The van der Waals surface area contributed by atoms with Gasteiger partial charge in [0.15, 0.2) is 5.96 Å². The second kappa shape index (κ2) is 10.1. The van der Waals surface area contributed by atoms with Crippen LogP contribution in [0.5, 0.6) is 0 Å². The summed E-state index contributed by atoms with van der Waals surface area (Å²) in [6.45, 7) is 12.9. The van der Waals surface area contributed by atoms with Gasteiger partial charge in [-0.15, -0.1) is 11.3 Å². The fourth-order valence-corrected chi connectivity index (χ4v) is 5.24. The van der Waals surface area contributed by atoms with Gasteiger partial charge in [-0.1, -0.05) is 33.6 Å². The fourth-order valence-electron chi connectivity index (χ4n) is 4.23. The smallest absolute Gasteiger partial charge is 0.191 e. The van der Waals surface area contributed by atoms with Crippen LogP contribution in [-0.2, 0) is 11.8 Å². The topological polar surface area (TPSA) is 52.6 Å². The Hall–Kier alpha value is -1.14. The van der Waals surface area contributed by atoms with Crippen LogP contribution >= 0.6 is 11.3 Å². The van der Waals surface area contributed by atoms with Crippen LogP contribution in [0.3, 0.4) is 0 Å². The molecule has 1 aromatic rings. The third-order valence-electron chi connectivity index (χ3n) is 5.97. The molecule has 0 amide bonds. The maximum Gasteiger partial charge on any atom is 0.191 e. The van der Waals surface area contributed by atoms with Gasteiger partial charge in [-0.3, -0.25) is 4.99 Å². The van der Waals surface area contributed by atoms with Crippen molar-refractivity contribution >= 4 is 17.3 Å². The predicted octanol–water partition coefficient (Wildman–Crippen LogP) is 3.95. The van der Waals surface area contributed by atoms with Crippen LogP contribution < -0.4 is 10.6 Å². The maximum atomic E-state index is 4.82. The van der Waals surface area contributed by atoms with Crippen molar-refractivity contribution < 1.29 is 0 Å². The number of nitrogens with one attached hydrogen (secondary N) is 2. The van der Waals surface area contributed by atoms with Gasteiger partial charge in [-0.2, -0.15) is 0 Å². The van der Waals surface area contributed by atoms with E-state index in [4.69, 9.17) is 9.98 Å². The molecule has 2 fully saturated rings. The van der Waals surface area contributed by atoms with Gasteiger partial charge in [0.05, 0.1) is 10.7 Å². The Morgan fingerprint density at radius 1 is 1.21 bits per heavy atom. The molecule has 28 heavy (non-hydrogen) atoms. The molecule has 0 atom stereocenters. The highest BCUT2D eigenvalue weighted by molar-refractivity contribution is 7.09. The molecule has 0 radical (unpaired) electrons. The lowest BCUT2D eigenvalue weighted by atomic mass is 9.93. The van der Waals surface area contributed by atoms with E-state index in [-0.39, 0.29) is 5.41 Å². The minimum absolute atomic E-state index is 0.127. The quantitative estimate of drug-likeness (QED) is 0.556. The average Bonchev–Trinajstić information content (AvgIpc) is 3.34. The minimum atomic E-state index is 0.127. The first-order valence-corrected chi connectivity index (χ1v) is 12.1. The van der Waals surface area contributed by atoms with Crippen molar-refractivity contribution in [3.63, 3.8) is 0 Å². The molecule has 5 nitrogen and oxygen atoms in total. The first-order chi connectivity index (χ1) is 13.5. The van der Waals surface area contributed by atoms with Crippen molar-refractivity contribution in [1.82, 2.24) is 20.5 Å². The Bertz CT molecular complexity index is 619. The predicted molar refractivity (Wildman–Crippen MR) is 120 cm³/mol. The van der Waals surface area contributed by atoms with E-state index in [0.29, 0.717) is 6.04 Å². The van der Waals surface area contributed by atoms with E-state index in [1.165, 1.54) is 62.3 Å². The van der Waals surface area contributed by atoms with Crippen molar-refractivity contribution in [1.29, 1.82) is 0 Å². The highest BCUT2D eigenvalue weighted by atomic mass is 32.1. The number of piperidine rings is 1. The highest BCUT2D eigenvalue weighted by Gasteiger charge is 2.27. The van der Waals surface area contributed by atoms with Crippen LogP contribution in [-0.4, -0.2) is 54.1 Å². The molecule has 1 saturated heterocycles.